The zero-order valence-corrected chi connectivity index (χ0v) is 19.7. The average Bonchev–Trinajstić information content (AvgIpc) is 2.78. The average molecular weight is 465 g/mol. The molecular formula is C27H29ClN2O3. The van der Waals surface area contributed by atoms with Crippen LogP contribution in [-0.2, 0) is 0 Å². The summed E-state index contributed by atoms with van der Waals surface area (Å²) in [6, 6.07) is 11.2. The Balaban J connectivity index is 2.18. The summed E-state index contributed by atoms with van der Waals surface area (Å²) in [5, 5.41) is 12.6. The lowest BCUT2D eigenvalue weighted by atomic mass is 10.1. The number of benzene rings is 2. The van der Waals surface area contributed by atoms with Crippen LogP contribution in [0.15, 0.2) is 90.5 Å². The fourth-order valence-corrected chi connectivity index (χ4v) is 3.22. The summed E-state index contributed by atoms with van der Waals surface area (Å²) in [6.45, 7) is 12.1. The zero-order chi connectivity index (χ0) is 24.2. The van der Waals surface area contributed by atoms with Crippen molar-refractivity contribution in [1.29, 1.82) is 0 Å². The topological polar surface area (TPSA) is 70.9 Å². The second kappa shape index (κ2) is 13.1. The van der Waals surface area contributed by atoms with Crippen molar-refractivity contribution in [2.75, 3.05) is 6.61 Å². The monoisotopic (exact) mass is 464 g/mol. The number of urea groups is 1. The summed E-state index contributed by atoms with van der Waals surface area (Å²) < 4.78 is 5.88. The molecule has 172 valence electrons. The predicted octanol–water partition coefficient (Wildman–Crippen LogP) is 7.08. The highest BCUT2D eigenvalue weighted by Gasteiger charge is 2.15. The lowest BCUT2D eigenvalue weighted by molar-refractivity contribution is 0.253. The van der Waals surface area contributed by atoms with Gasteiger partial charge in [-0.25, -0.2) is 4.79 Å². The van der Waals surface area contributed by atoms with Crippen LogP contribution in [0.2, 0.25) is 5.02 Å². The number of ether oxygens (including phenoxy) is 1. The van der Waals surface area contributed by atoms with Crippen LogP contribution in [0.4, 0.5) is 4.79 Å². The first-order valence-corrected chi connectivity index (χ1v) is 11.0. The summed E-state index contributed by atoms with van der Waals surface area (Å²) in [5.74, 6) is 0.628. The summed E-state index contributed by atoms with van der Waals surface area (Å²) >= 11 is 6.39. The quantitative estimate of drug-likeness (QED) is 0.291. The Bertz CT molecular complexity index is 1080. The highest BCUT2D eigenvalue weighted by molar-refractivity contribution is 6.32. The van der Waals surface area contributed by atoms with Gasteiger partial charge in [0.15, 0.2) is 0 Å². The Hall–Kier alpha value is -3.57. The first kappa shape index (κ1) is 25.7. The van der Waals surface area contributed by atoms with Gasteiger partial charge in [-0.2, -0.15) is 4.99 Å². The number of amides is 2. The standard InChI is InChI=1S/C27H29ClN2O3/c1-5-7-8-11-19(3)18-33-25-13-9-12-23(28)26(25)20(4)29-27(32)30-24(10-6-2)21-14-16-22(31)17-15-21/h5,7-9,11-17,31H,3-4,6,10,18H2,1-2H3,(H,29,32)/b7-5-,11-8-,30-24?. The van der Waals surface area contributed by atoms with Crippen molar-refractivity contribution in [1.82, 2.24) is 5.32 Å². The van der Waals surface area contributed by atoms with Crippen molar-refractivity contribution >= 4 is 29.0 Å². The molecule has 0 saturated carbocycles. The van der Waals surface area contributed by atoms with E-state index in [0.29, 0.717) is 28.5 Å². The van der Waals surface area contributed by atoms with Crippen molar-refractivity contribution in [2.45, 2.75) is 26.7 Å². The molecule has 0 heterocycles. The largest absolute Gasteiger partial charge is 0.508 e. The number of carbonyl (C=O) groups excluding carboxylic acids is 1. The van der Waals surface area contributed by atoms with Gasteiger partial charge < -0.3 is 15.2 Å². The third kappa shape index (κ3) is 8.13. The van der Waals surface area contributed by atoms with Gasteiger partial charge in [0.1, 0.15) is 18.1 Å². The number of phenolic OH excluding ortho intramolecular Hbond substituents is 1. The molecule has 33 heavy (non-hydrogen) atoms. The van der Waals surface area contributed by atoms with E-state index in [-0.39, 0.29) is 18.1 Å². The number of hydrogen-bond acceptors (Lipinski definition) is 3. The maximum atomic E-state index is 12.7. The molecule has 0 fully saturated rings. The SMILES string of the molecule is C=C(/C=C\C=C/C)COc1cccc(Cl)c1C(=C)NC(=O)N=C(CCC)c1ccc(O)cc1. The number of rotatable bonds is 10. The number of allylic oxidation sites excluding steroid dienone is 3. The minimum absolute atomic E-state index is 0.152. The van der Waals surface area contributed by atoms with Gasteiger partial charge in [-0.1, -0.05) is 68.5 Å². The molecule has 0 aliphatic rings. The second-order valence-corrected chi connectivity index (χ2v) is 7.62. The summed E-state index contributed by atoms with van der Waals surface area (Å²) in [5.41, 5.74) is 2.91. The number of halogens is 1. The van der Waals surface area contributed by atoms with Crippen LogP contribution < -0.4 is 10.1 Å². The lowest BCUT2D eigenvalue weighted by Gasteiger charge is -2.15. The Kier molecular flexibility index (Phi) is 10.2. The number of phenols is 1. The van der Waals surface area contributed by atoms with Crippen molar-refractivity contribution in [3.8, 4) is 11.5 Å². The van der Waals surface area contributed by atoms with Crippen LogP contribution in [0.5, 0.6) is 11.5 Å². The van der Waals surface area contributed by atoms with Crippen LogP contribution >= 0.6 is 11.6 Å². The second-order valence-electron chi connectivity index (χ2n) is 7.21. The molecule has 0 aromatic heterocycles. The van der Waals surface area contributed by atoms with E-state index in [0.717, 1.165) is 17.6 Å². The third-order valence-corrected chi connectivity index (χ3v) is 4.82. The van der Waals surface area contributed by atoms with Crippen molar-refractivity contribution < 1.29 is 14.6 Å². The normalized spacial score (nSPS) is 11.7. The predicted molar refractivity (Wildman–Crippen MR) is 137 cm³/mol. The Morgan fingerprint density at radius 3 is 2.58 bits per heavy atom. The molecule has 2 rings (SSSR count). The molecule has 2 N–H and O–H groups in total. The molecule has 2 aromatic rings. The minimum atomic E-state index is -0.568. The first-order chi connectivity index (χ1) is 15.8. The van der Waals surface area contributed by atoms with Crippen molar-refractivity contribution in [2.24, 2.45) is 4.99 Å². The van der Waals surface area contributed by atoms with E-state index in [1.54, 1.807) is 42.5 Å². The fourth-order valence-electron chi connectivity index (χ4n) is 2.94. The van der Waals surface area contributed by atoms with E-state index in [9.17, 15) is 9.90 Å². The van der Waals surface area contributed by atoms with Crippen molar-refractivity contribution in [3.63, 3.8) is 0 Å². The molecular weight excluding hydrogens is 436 g/mol. The van der Waals surface area contributed by atoms with Gasteiger partial charge in [0.25, 0.3) is 0 Å². The fraction of sp³-hybridized carbons (Fsp3) is 0.185. The van der Waals surface area contributed by atoms with Gasteiger partial charge in [-0.15, -0.1) is 0 Å². The van der Waals surface area contributed by atoms with Crippen LogP contribution in [-0.4, -0.2) is 23.5 Å². The van der Waals surface area contributed by atoms with Crippen LogP contribution in [0.25, 0.3) is 5.70 Å². The highest BCUT2D eigenvalue weighted by atomic mass is 35.5. The molecule has 0 saturated heterocycles. The molecule has 0 spiro atoms. The number of nitrogens with zero attached hydrogens (tertiary/aromatic N) is 1. The summed E-state index contributed by atoms with van der Waals surface area (Å²) in [6.07, 6.45) is 8.97. The summed E-state index contributed by atoms with van der Waals surface area (Å²) in [4.78, 5) is 16.9. The van der Waals surface area contributed by atoms with Crippen LogP contribution in [0.3, 0.4) is 0 Å². The van der Waals surface area contributed by atoms with Crippen LogP contribution in [0.1, 0.15) is 37.8 Å². The smallest absolute Gasteiger partial charge is 0.345 e. The Morgan fingerprint density at radius 2 is 1.91 bits per heavy atom. The molecule has 0 bridgehead atoms. The van der Waals surface area contributed by atoms with E-state index < -0.39 is 6.03 Å². The van der Waals surface area contributed by atoms with Crippen molar-refractivity contribution in [3.05, 3.63) is 102 Å². The molecule has 2 aromatic carbocycles. The molecule has 0 atom stereocenters. The first-order valence-electron chi connectivity index (χ1n) is 10.6. The molecule has 2 amide bonds. The zero-order valence-electron chi connectivity index (χ0n) is 19.0. The molecule has 5 nitrogen and oxygen atoms in total. The molecule has 0 aliphatic carbocycles. The van der Waals surface area contributed by atoms with E-state index in [1.807, 2.05) is 38.2 Å². The molecule has 0 aliphatic heterocycles. The van der Waals surface area contributed by atoms with E-state index >= 15 is 0 Å². The molecule has 0 unspecified atom stereocenters. The minimum Gasteiger partial charge on any atom is -0.508 e. The maximum absolute atomic E-state index is 12.7. The maximum Gasteiger partial charge on any atom is 0.345 e. The van der Waals surface area contributed by atoms with E-state index in [2.05, 4.69) is 23.5 Å². The van der Waals surface area contributed by atoms with Gasteiger partial charge in [-0.05, 0) is 60.9 Å². The summed E-state index contributed by atoms with van der Waals surface area (Å²) in [7, 11) is 0. The van der Waals surface area contributed by atoms with Gasteiger partial charge in [0.05, 0.1) is 16.3 Å². The number of hydrogen-bond donors (Lipinski definition) is 2. The Morgan fingerprint density at radius 1 is 1.18 bits per heavy atom. The van der Waals surface area contributed by atoms with E-state index in [4.69, 9.17) is 16.3 Å². The molecule has 0 radical (unpaired) electrons. The Labute approximate surface area is 200 Å². The van der Waals surface area contributed by atoms with Crippen LogP contribution in [0, 0.1) is 0 Å². The van der Waals surface area contributed by atoms with Gasteiger partial charge in [0, 0.05) is 5.70 Å². The van der Waals surface area contributed by atoms with E-state index in [1.165, 1.54) is 0 Å². The molecule has 6 heteroatoms. The van der Waals surface area contributed by atoms with Gasteiger partial charge in [0.2, 0.25) is 0 Å². The number of aliphatic imine (C=N–C) groups is 1. The third-order valence-electron chi connectivity index (χ3n) is 4.51. The highest BCUT2D eigenvalue weighted by Crippen LogP contribution is 2.31. The van der Waals surface area contributed by atoms with Gasteiger partial charge >= 0.3 is 6.03 Å². The number of nitrogens with one attached hydrogen (secondary N) is 1. The lowest BCUT2D eigenvalue weighted by Crippen LogP contribution is -2.20. The number of aromatic hydroxyl groups is 1. The number of carbonyl (C=O) groups is 1. The van der Waals surface area contributed by atoms with Gasteiger partial charge in [-0.3, -0.25) is 0 Å².